The van der Waals surface area contributed by atoms with Crippen molar-refractivity contribution in [1.29, 1.82) is 0 Å². The minimum atomic E-state index is -0.916. The number of amides is 2. The van der Waals surface area contributed by atoms with Gasteiger partial charge in [0.25, 0.3) is 5.91 Å². The first-order chi connectivity index (χ1) is 14.7. The maximum Gasteiger partial charge on any atom is 0.280 e. The molecule has 1 unspecified atom stereocenters. The second-order valence-electron chi connectivity index (χ2n) is 8.17. The number of anilines is 1. The first kappa shape index (κ1) is 22.4. The van der Waals surface area contributed by atoms with E-state index in [2.05, 4.69) is 14.9 Å². The van der Waals surface area contributed by atoms with Crippen LogP contribution < -0.4 is 15.0 Å². The third kappa shape index (κ3) is 5.27. The average Bonchev–Trinajstić information content (AvgIpc) is 3.26. The zero-order valence-corrected chi connectivity index (χ0v) is 19.1. The summed E-state index contributed by atoms with van der Waals surface area (Å²) in [4.78, 5) is 28.6. The Hall–Kier alpha value is -3.26. The molecule has 7 nitrogen and oxygen atoms in total. The normalized spacial score (nSPS) is 12.2. The van der Waals surface area contributed by atoms with E-state index in [0.29, 0.717) is 17.0 Å². The first-order valence-corrected chi connectivity index (χ1v) is 10.7. The van der Waals surface area contributed by atoms with Gasteiger partial charge in [-0.05, 0) is 68.6 Å². The van der Waals surface area contributed by atoms with Crippen LogP contribution in [0.3, 0.4) is 0 Å². The highest BCUT2D eigenvalue weighted by molar-refractivity contribution is 7.03. The van der Waals surface area contributed by atoms with E-state index in [0.717, 1.165) is 17.1 Å². The molecule has 3 aromatic rings. The number of hydrogen-bond donors (Lipinski definition) is 1. The smallest absolute Gasteiger partial charge is 0.280 e. The maximum atomic E-state index is 13.6. The quantitative estimate of drug-likeness (QED) is 0.625. The predicted molar refractivity (Wildman–Crippen MR) is 122 cm³/mol. The summed E-state index contributed by atoms with van der Waals surface area (Å²) >= 11 is 1.09. The topological polar surface area (TPSA) is 84.4 Å². The predicted octanol–water partition coefficient (Wildman–Crippen LogP) is 4.16. The molecule has 31 heavy (non-hydrogen) atoms. The lowest BCUT2D eigenvalue weighted by molar-refractivity contribution is -0.123. The molecule has 1 atom stereocenters. The molecule has 1 aromatic heterocycles. The molecule has 0 radical (unpaired) electrons. The van der Waals surface area contributed by atoms with Gasteiger partial charge in [-0.15, -0.1) is 5.10 Å². The van der Waals surface area contributed by atoms with E-state index in [1.165, 1.54) is 4.90 Å². The van der Waals surface area contributed by atoms with Gasteiger partial charge in [-0.3, -0.25) is 14.5 Å². The molecule has 0 aliphatic heterocycles. The van der Waals surface area contributed by atoms with Gasteiger partial charge in [0, 0.05) is 16.6 Å². The fraction of sp³-hybridized carbons (Fsp3) is 0.304. The van der Waals surface area contributed by atoms with Crippen molar-refractivity contribution in [2.24, 2.45) is 0 Å². The number of ether oxygens (including phenoxy) is 1. The van der Waals surface area contributed by atoms with E-state index < -0.39 is 17.5 Å². The Labute approximate surface area is 186 Å². The molecule has 2 amide bonds. The number of benzene rings is 2. The summed E-state index contributed by atoms with van der Waals surface area (Å²) in [6, 6.07) is 13.7. The molecule has 0 saturated heterocycles. The number of carbonyl (C=O) groups is 2. The van der Waals surface area contributed by atoms with Gasteiger partial charge in [-0.2, -0.15) is 0 Å². The van der Waals surface area contributed by atoms with Crippen molar-refractivity contribution in [3.8, 4) is 5.75 Å². The summed E-state index contributed by atoms with van der Waals surface area (Å²) < 4.78 is 9.09. The second-order valence-corrected chi connectivity index (χ2v) is 8.78. The monoisotopic (exact) mass is 438 g/mol. The maximum absolute atomic E-state index is 13.6. The van der Waals surface area contributed by atoms with Crippen LogP contribution in [0.15, 0.2) is 53.9 Å². The van der Waals surface area contributed by atoms with Gasteiger partial charge in [0.05, 0.1) is 7.11 Å². The number of carbonyl (C=O) groups excluding carboxylic acids is 2. The van der Waals surface area contributed by atoms with E-state index in [1.807, 2.05) is 52.0 Å². The van der Waals surface area contributed by atoms with Crippen LogP contribution in [0.2, 0.25) is 0 Å². The van der Waals surface area contributed by atoms with Crippen molar-refractivity contribution >= 4 is 29.0 Å². The Morgan fingerprint density at radius 2 is 1.77 bits per heavy atom. The Kier molecular flexibility index (Phi) is 6.70. The Bertz CT molecular complexity index is 1040. The minimum absolute atomic E-state index is 0.190. The molecule has 0 saturated carbocycles. The van der Waals surface area contributed by atoms with Crippen molar-refractivity contribution in [1.82, 2.24) is 14.9 Å². The lowest BCUT2D eigenvalue weighted by Crippen LogP contribution is -2.49. The van der Waals surface area contributed by atoms with Gasteiger partial charge in [-0.1, -0.05) is 34.8 Å². The van der Waals surface area contributed by atoms with Crippen LogP contribution in [0.25, 0.3) is 0 Å². The number of rotatable bonds is 6. The zero-order valence-electron chi connectivity index (χ0n) is 18.2. The molecule has 0 spiro atoms. The number of methoxy groups -OCH3 is 1. The molecule has 3 rings (SSSR count). The molecule has 162 valence electrons. The van der Waals surface area contributed by atoms with E-state index >= 15 is 0 Å². The highest BCUT2D eigenvalue weighted by Crippen LogP contribution is 2.33. The van der Waals surface area contributed by atoms with Gasteiger partial charge < -0.3 is 10.1 Å². The summed E-state index contributed by atoms with van der Waals surface area (Å²) in [5.41, 5.74) is 1.86. The molecule has 0 fully saturated rings. The summed E-state index contributed by atoms with van der Waals surface area (Å²) in [6.45, 7) is 7.61. The van der Waals surface area contributed by atoms with Gasteiger partial charge in [0.2, 0.25) is 5.91 Å². The largest absolute Gasteiger partial charge is 0.497 e. The van der Waals surface area contributed by atoms with Crippen molar-refractivity contribution in [2.45, 2.75) is 39.3 Å². The lowest BCUT2D eigenvalue weighted by atomic mass is 9.99. The Balaban J connectivity index is 2.19. The molecule has 0 aliphatic carbocycles. The van der Waals surface area contributed by atoms with Crippen molar-refractivity contribution < 1.29 is 14.3 Å². The second kappa shape index (κ2) is 9.26. The van der Waals surface area contributed by atoms with Crippen LogP contribution in [0.5, 0.6) is 5.75 Å². The van der Waals surface area contributed by atoms with Gasteiger partial charge >= 0.3 is 0 Å². The highest BCUT2D eigenvalue weighted by Gasteiger charge is 2.36. The van der Waals surface area contributed by atoms with Crippen molar-refractivity contribution in [2.75, 3.05) is 12.0 Å². The van der Waals surface area contributed by atoms with Crippen molar-refractivity contribution in [3.05, 3.63) is 70.7 Å². The molecule has 1 N–H and O–H groups in total. The molecule has 2 aromatic carbocycles. The molecular weight excluding hydrogens is 412 g/mol. The molecule has 0 bridgehead atoms. The number of aromatic nitrogens is 2. The zero-order chi connectivity index (χ0) is 22.6. The highest BCUT2D eigenvalue weighted by atomic mass is 32.1. The summed E-state index contributed by atoms with van der Waals surface area (Å²) in [6.07, 6.45) is 0. The van der Waals surface area contributed by atoms with Gasteiger partial charge in [0.15, 0.2) is 5.69 Å². The first-order valence-electron chi connectivity index (χ1n) is 9.83. The number of hydrogen-bond acceptors (Lipinski definition) is 6. The van der Waals surface area contributed by atoms with Crippen LogP contribution in [0.1, 0.15) is 48.4 Å². The van der Waals surface area contributed by atoms with Crippen LogP contribution in [-0.2, 0) is 4.79 Å². The molecule has 0 aliphatic rings. The standard InChI is InChI=1S/C23H26N4O3S/c1-15-8-6-7-9-19(15)27(22(29)18-14-31-26-25-18)20(21(28)24-23(2,3)4)16-10-12-17(30-5)13-11-16/h6-14,20H,1-5H3,(H,24,28). The van der Waals surface area contributed by atoms with E-state index in [9.17, 15) is 9.59 Å². The lowest BCUT2D eigenvalue weighted by Gasteiger charge is -2.34. The van der Waals surface area contributed by atoms with E-state index in [1.54, 1.807) is 36.8 Å². The fourth-order valence-electron chi connectivity index (χ4n) is 3.22. The fourth-order valence-corrected chi connectivity index (χ4v) is 3.65. The van der Waals surface area contributed by atoms with E-state index in [4.69, 9.17) is 4.74 Å². The van der Waals surface area contributed by atoms with Crippen LogP contribution in [0, 0.1) is 6.92 Å². The van der Waals surface area contributed by atoms with Gasteiger partial charge in [0.1, 0.15) is 11.8 Å². The third-order valence-corrected chi connectivity index (χ3v) is 5.11. The molecule has 8 heteroatoms. The molecule has 1 heterocycles. The number of aryl methyl sites for hydroxylation is 1. The average molecular weight is 439 g/mol. The number of nitrogens with zero attached hydrogens (tertiary/aromatic N) is 3. The summed E-state index contributed by atoms with van der Waals surface area (Å²) in [7, 11) is 1.58. The van der Waals surface area contributed by atoms with Crippen molar-refractivity contribution in [3.63, 3.8) is 0 Å². The number of para-hydroxylation sites is 1. The minimum Gasteiger partial charge on any atom is -0.497 e. The van der Waals surface area contributed by atoms with Gasteiger partial charge in [-0.25, -0.2) is 0 Å². The summed E-state index contributed by atoms with van der Waals surface area (Å²) in [5, 5.41) is 8.56. The number of nitrogens with one attached hydrogen (secondary N) is 1. The molecular formula is C23H26N4O3S. The Morgan fingerprint density at radius 1 is 1.10 bits per heavy atom. The SMILES string of the molecule is COc1ccc(C(C(=O)NC(C)(C)C)N(C(=O)c2csnn2)c2ccccc2C)cc1. The van der Waals surface area contributed by atoms with Crippen LogP contribution in [0.4, 0.5) is 5.69 Å². The van der Waals surface area contributed by atoms with Crippen LogP contribution in [-0.4, -0.2) is 34.1 Å². The Morgan fingerprint density at radius 3 is 2.32 bits per heavy atom. The summed E-state index contributed by atoms with van der Waals surface area (Å²) in [5.74, 6) is -0.0263. The van der Waals surface area contributed by atoms with E-state index in [-0.39, 0.29) is 11.6 Å². The van der Waals surface area contributed by atoms with Crippen LogP contribution >= 0.6 is 11.5 Å². The third-order valence-electron chi connectivity index (χ3n) is 4.61.